The molecule has 2 aromatic carbocycles. The summed E-state index contributed by atoms with van der Waals surface area (Å²) in [6.07, 6.45) is -9.63. The zero-order valence-corrected chi connectivity index (χ0v) is 21.1. The van der Waals surface area contributed by atoms with E-state index in [9.17, 15) is 36.2 Å². The lowest BCUT2D eigenvalue weighted by Crippen LogP contribution is -2.66. The third-order valence-electron chi connectivity index (χ3n) is 7.21. The predicted octanol–water partition coefficient (Wildman–Crippen LogP) is 5.19. The quantitative estimate of drug-likeness (QED) is 0.192. The van der Waals surface area contributed by atoms with Gasteiger partial charge in [0.2, 0.25) is 0 Å². The van der Waals surface area contributed by atoms with Gasteiger partial charge in [-0.05, 0) is 55.5 Å². The maximum atomic E-state index is 13.4. The molecule has 2 amide bonds. The number of primary amides is 1. The summed E-state index contributed by atoms with van der Waals surface area (Å²) >= 11 is 0. The molecule has 1 unspecified atom stereocenters. The Labute approximate surface area is 221 Å². The summed E-state index contributed by atoms with van der Waals surface area (Å²) in [5.74, 6) is 0. The Morgan fingerprint density at radius 2 is 1.72 bits per heavy atom. The van der Waals surface area contributed by atoms with Crippen LogP contribution in [-0.2, 0) is 22.6 Å². The molecule has 1 aliphatic rings. The van der Waals surface area contributed by atoms with Crippen LogP contribution in [0.1, 0.15) is 54.5 Å². The second-order valence-corrected chi connectivity index (χ2v) is 9.63. The van der Waals surface area contributed by atoms with Gasteiger partial charge in [-0.25, -0.2) is 4.79 Å². The molecular weight excluding hydrogens is 530 g/mol. The fraction of sp³-hybridized carbons (Fsp3) is 0.462. The van der Waals surface area contributed by atoms with E-state index in [2.05, 4.69) is 5.32 Å². The van der Waals surface area contributed by atoms with E-state index in [1.54, 1.807) is 30.3 Å². The molecule has 1 aliphatic heterocycles. The normalized spacial score (nSPS) is 22.8. The minimum absolute atomic E-state index is 0.0684. The number of nitrogens with two attached hydrogens (primary N) is 1. The standard InChI is InChI=1S/C26H30F6N4O3/c1-17(18-11-20(25(27,28)29)13-21(12-18)26(30,31)32)39-15-24(19-5-3-2-4-6-19)8-7-23(9-10-37,14-35-24)36(16-33)22(34)38/h2-6,11-13,16-17,33,35,37H,7-10,14-15H2,1H3,(H2,34,38)/t17?,23-,24-/m1/s1. The molecule has 1 fully saturated rings. The van der Waals surface area contributed by atoms with Gasteiger partial charge in [-0.15, -0.1) is 0 Å². The topological polar surface area (TPSA) is 112 Å². The highest BCUT2D eigenvalue weighted by atomic mass is 19.4. The SMILES string of the molecule is CC(OC[C@@]1(c2ccccc2)CC[C@](CCO)(N(C=N)C(N)=O)CN1)c1cc(C(F)(F)F)cc(C(F)(F)F)c1. The summed E-state index contributed by atoms with van der Waals surface area (Å²) in [4.78, 5) is 13.0. The highest BCUT2D eigenvalue weighted by molar-refractivity contribution is 5.85. The number of urea groups is 1. The van der Waals surface area contributed by atoms with Crippen molar-refractivity contribution < 1.29 is 41.0 Å². The van der Waals surface area contributed by atoms with E-state index in [1.165, 1.54) is 6.92 Å². The highest BCUT2D eigenvalue weighted by Crippen LogP contribution is 2.41. The van der Waals surface area contributed by atoms with Gasteiger partial charge in [0.25, 0.3) is 0 Å². The first-order valence-corrected chi connectivity index (χ1v) is 12.1. The van der Waals surface area contributed by atoms with Crippen LogP contribution in [0.25, 0.3) is 0 Å². The largest absolute Gasteiger partial charge is 0.416 e. The number of aliphatic hydroxyl groups excluding tert-OH is 1. The molecule has 2 aromatic rings. The molecular formula is C26H30F6N4O3. The Balaban J connectivity index is 1.92. The summed E-state index contributed by atoms with van der Waals surface area (Å²) < 4.78 is 86.1. The Morgan fingerprint density at radius 1 is 1.13 bits per heavy atom. The number of piperidine rings is 1. The number of alkyl halides is 6. The van der Waals surface area contributed by atoms with Crippen molar-refractivity contribution in [1.82, 2.24) is 10.2 Å². The molecule has 13 heteroatoms. The molecule has 7 nitrogen and oxygen atoms in total. The van der Waals surface area contributed by atoms with Crippen molar-refractivity contribution >= 4 is 12.4 Å². The second-order valence-electron chi connectivity index (χ2n) is 9.63. The molecule has 0 bridgehead atoms. The number of nitrogens with one attached hydrogen (secondary N) is 2. The molecule has 5 N–H and O–H groups in total. The first-order valence-electron chi connectivity index (χ1n) is 12.1. The summed E-state index contributed by atoms with van der Waals surface area (Å²) in [5, 5.41) is 20.6. The summed E-state index contributed by atoms with van der Waals surface area (Å²) in [7, 11) is 0. The van der Waals surface area contributed by atoms with Crippen molar-refractivity contribution in [3.63, 3.8) is 0 Å². The van der Waals surface area contributed by atoms with Crippen LogP contribution in [-0.4, -0.2) is 47.7 Å². The van der Waals surface area contributed by atoms with Gasteiger partial charge in [0.05, 0.1) is 41.3 Å². The maximum absolute atomic E-state index is 13.4. The van der Waals surface area contributed by atoms with E-state index < -0.39 is 46.7 Å². The van der Waals surface area contributed by atoms with Gasteiger partial charge in [-0.2, -0.15) is 26.3 Å². The number of nitrogens with zero attached hydrogens (tertiary/aromatic N) is 1. The average Bonchev–Trinajstić information content (AvgIpc) is 2.88. The van der Waals surface area contributed by atoms with Crippen molar-refractivity contribution in [3.05, 3.63) is 70.8 Å². The number of carbonyl (C=O) groups excluding carboxylic acids is 1. The lowest BCUT2D eigenvalue weighted by Gasteiger charge is -2.50. The van der Waals surface area contributed by atoms with E-state index in [0.29, 0.717) is 12.1 Å². The van der Waals surface area contributed by atoms with Crippen molar-refractivity contribution in [1.29, 1.82) is 5.41 Å². The number of rotatable bonds is 9. The van der Waals surface area contributed by atoms with E-state index >= 15 is 0 Å². The van der Waals surface area contributed by atoms with Gasteiger partial charge in [0, 0.05) is 13.2 Å². The van der Waals surface area contributed by atoms with Crippen LogP contribution in [0.3, 0.4) is 0 Å². The van der Waals surface area contributed by atoms with Crippen LogP contribution in [0.5, 0.6) is 0 Å². The number of benzene rings is 2. The monoisotopic (exact) mass is 560 g/mol. The molecule has 1 heterocycles. The zero-order chi connectivity index (χ0) is 29.1. The molecule has 0 saturated carbocycles. The first-order chi connectivity index (χ1) is 18.2. The first kappa shape index (κ1) is 30.4. The average molecular weight is 561 g/mol. The minimum atomic E-state index is -4.98. The van der Waals surface area contributed by atoms with Gasteiger partial charge < -0.3 is 20.9 Å². The summed E-state index contributed by atoms with van der Waals surface area (Å²) in [6, 6.07) is 9.41. The fourth-order valence-corrected chi connectivity index (χ4v) is 4.93. The number of hydrogen-bond acceptors (Lipinski definition) is 5. The Bertz CT molecular complexity index is 1120. The Morgan fingerprint density at radius 3 is 2.15 bits per heavy atom. The van der Waals surface area contributed by atoms with Crippen LogP contribution < -0.4 is 11.1 Å². The van der Waals surface area contributed by atoms with Crippen molar-refractivity contribution in [3.8, 4) is 0 Å². The highest BCUT2D eigenvalue weighted by Gasteiger charge is 2.47. The fourth-order valence-electron chi connectivity index (χ4n) is 4.93. The third-order valence-corrected chi connectivity index (χ3v) is 7.21. The molecule has 39 heavy (non-hydrogen) atoms. The molecule has 0 spiro atoms. The third kappa shape index (κ3) is 6.71. The lowest BCUT2D eigenvalue weighted by atomic mass is 9.74. The van der Waals surface area contributed by atoms with Gasteiger partial charge in [0.15, 0.2) is 0 Å². The van der Waals surface area contributed by atoms with Crippen molar-refractivity contribution in [2.45, 2.75) is 55.7 Å². The summed E-state index contributed by atoms with van der Waals surface area (Å²) in [6.45, 7) is 1.03. The van der Waals surface area contributed by atoms with Crippen molar-refractivity contribution in [2.75, 3.05) is 19.8 Å². The predicted molar refractivity (Wildman–Crippen MR) is 131 cm³/mol. The molecule has 214 valence electrons. The van der Waals surface area contributed by atoms with Gasteiger partial charge >= 0.3 is 18.4 Å². The number of halogens is 6. The van der Waals surface area contributed by atoms with Crippen LogP contribution >= 0.6 is 0 Å². The number of amides is 2. The van der Waals surface area contributed by atoms with Crippen LogP contribution in [0.2, 0.25) is 0 Å². The van der Waals surface area contributed by atoms with Crippen molar-refractivity contribution in [2.24, 2.45) is 5.73 Å². The lowest BCUT2D eigenvalue weighted by molar-refractivity contribution is -0.143. The van der Waals surface area contributed by atoms with Gasteiger partial charge in [-0.3, -0.25) is 10.3 Å². The van der Waals surface area contributed by atoms with Gasteiger partial charge in [0.1, 0.15) is 0 Å². The van der Waals surface area contributed by atoms with E-state index in [4.69, 9.17) is 15.9 Å². The Kier molecular flexibility index (Phi) is 8.98. The van der Waals surface area contributed by atoms with E-state index in [-0.39, 0.29) is 50.7 Å². The zero-order valence-electron chi connectivity index (χ0n) is 21.1. The van der Waals surface area contributed by atoms with E-state index in [1.807, 2.05) is 0 Å². The van der Waals surface area contributed by atoms with Gasteiger partial charge in [-0.1, -0.05) is 30.3 Å². The molecule has 0 radical (unpaired) electrons. The Hall–Kier alpha value is -3.16. The molecule has 3 rings (SSSR count). The minimum Gasteiger partial charge on any atom is -0.396 e. The van der Waals surface area contributed by atoms with Crippen LogP contribution in [0.4, 0.5) is 31.1 Å². The number of ether oxygens (including phenoxy) is 1. The van der Waals surface area contributed by atoms with Crippen LogP contribution in [0, 0.1) is 5.41 Å². The number of aliphatic hydroxyl groups is 1. The smallest absolute Gasteiger partial charge is 0.396 e. The summed E-state index contributed by atoms with van der Waals surface area (Å²) in [5.41, 5.74) is 1.11. The molecule has 0 aromatic heterocycles. The molecule has 1 saturated heterocycles. The van der Waals surface area contributed by atoms with E-state index in [0.717, 1.165) is 16.8 Å². The van der Waals surface area contributed by atoms with Crippen LogP contribution in [0.15, 0.2) is 48.5 Å². The second kappa shape index (κ2) is 11.5. The maximum Gasteiger partial charge on any atom is 0.416 e. The molecule has 0 aliphatic carbocycles. The number of carbonyl (C=O) groups is 1. The molecule has 3 atom stereocenters. The number of hydrogen-bond donors (Lipinski definition) is 4.